The van der Waals surface area contributed by atoms with Gasteiger partial charge in [-0.2, -0.15) is 0 Å². The third-order valence-electron chi connectivity index (χ3n) is 2.07. The summed E-state index contributed by atoms with van der Waals surface area (Å²) >= 11 is 0. The summed E-state index contributed by atoms with van der Waals surface area (Å²) < 4.78 is 21.2. The van der Waals surface area contributed by atoms with Gasteiger partial charge >= 0.3 is 9.28 Å². The second kappa shape index (κ2) is 5.72. The molecule has 0 radical (unpaired) electrons. The number of rotatable bonds is 7. The van der Waals surface area contributed by atoms with Crippen LogP contribution in [0, 0.1) is 0 Å². The molecule has 13 heavy (non-hydrogen) atoms. The van der Waals surface area contributed by atoms with E-state index in [1.54, 1.807) is 14.2 Å². The highest BCUT2D eigenvalue weighted by atomic mass is 28.3. The standard InChI is InChI=1S/C8H18O4Si/c1-4-8(13(9-2)10-3)12-6-7-5-11-7/h7-8,13H,4-6H2,1-3H3. The van der Waals surface area contributed by atoms with E-state index in [0.717, 1.165) is 13.0 Å². The van der Waals surface area contributed by atoms with Gasteiger partial charge < -0.3 is 18.3 Å². The van der Waals surface area contributed by atoms with Crippen molar-refractivity contribution in [3.63, 3.8) is 0 Å². The van der Waals surface area contributed by atoms with Gasteiger partial charge in [-0.1, -0.05) is 6.92 Å². The maximum atomic E-state index is 5.65. The van der Waals surface area contributed by atoms with Gasteiger partial charge in [-0.3, -0.25) is 0 Å². The van der Waals surface area contributed by atoms with Gasteiger partial charge in [-0.25, -0.2) is 0 Å². The highest BCUT2D eigenvalue weighted by Gasteiger charge is 2.28. The molecule has 2 atom stereocenters. The molecule has 1 aliphatic heterocycles. The molecule has 78 valence electrons. The van der Waals surface area contributed by atoms with E-state index in [1.807, 2.05) is 0 Å². The Morgan fingerprint density at radius 1 is 1.46 bits per heavy atom. The molecule has 4 nitrogen and oxygen atoms in total. The Bertz CT molecular complexity index is 136. The van der Waals surface area contributed by atoms with Crippen LogP contribution >= 0.6 is 0 Å². The van der Waals surface area contributed by atoms with E-state index in [-0.39, 0.29) is 5.73 Å². The van der Waals surface area contributed by atoms with Crippen LogP contribution in [0.4, 0.5) is 0 Å². The van der Waals surface area contributed by atoms with Crippen molar-refractivity contribution in [3.8, 4) is 0 Å². The molecule has 1 fully saturated rings. The van der Waals surface area contributed by atoms with Crippen molar-refractivity contribution in [2.75, 3.05) is 27.4 Å². The van der Waals surface area contributed by atoms with Crippen molar-refractivity contribution >= 4 is 9.28 Å². The molecule has 0 aromatic rings. The van der Waals surface area contributed by atoms with Gasteiger partial charge in [0.2, 0.25) is 0 Å². The average molecular weight is 206 g/mol. The summed E-state index contributed by atoms with van der Waals surface area (Å²) in [6.45, 7) is 3.59. The predicted octanol–water partition coefficient (Wildman–Crippen LogP) is 0.233. The summed E-state index contributed by atoms with van der Waals surface area (Å²) in [5.74, 6) is 0. The number of hydrogen-bond donors (Lipinski definition) is 0. The number of ether oxygens (including phenoxy) is 2. The van der Waals surface area contributed by atoms with Crippen molar-refractivity contribution in [1.29, 1.82) is 0 Å². The van der Waals surface area contributed by atoms with E-state index >= 15 is 0 Å². The van der Waals surface area contributed by atoms with Crippen LogP contribution in [0.15, 0.2) is 0 Å². The maximum Gasteiger partial charge on any atom is 0.350 e. The first kappa shape index (κ1) is 11.1. The van der Waals surface area contributed by atoms with Crippen molar-refractivity contribution in [1.82, 2.24) is 0 Å². The lowest BCUT2D eigenvalue weighted by Crippen LogP contribution is -2.38. The fourth-order valence-electron chi connectivity index (χ4n) is 1.18. The Labute approximate surface area is 81.0 Å². The van der Waals surface area contributed by atoms with Crippen LogP contribution in [0.5, 0.6) is 0 Å². The normalized spacial score (nSPS) is 23.5. The van der Waals surface area contributed by atoms with Crippen molar-refractivity contribution in [2.45, 2.75) is 25.2 Å². The third-order valence-corrected chi connectivity index (χ3v) is 4.27. The minimum absolute atomic E-state index is 0.138. The van der Waals surface area contributed by atoms with Crippen LogP contribution in [-0.2, 0) is 18.3 Å². The minimum Gasteiger partial charge on any atom is -0.398 e. The molecule has 0 N–H and O–H groups in total. The second-order valence-corrected chi connectivity index (χ2v) is 5.50. The molecule has 1 saturated heterocycles. The molecule has 1 heterocycles. The fourth-order valence-corrected chi connectivity index (χ4v) is 2.64. The first-order chi connectivity index (χ1) is 6.31. The van der Waals surface area contributed by atoms with Crippen LogP contribution in [0.3, 0.4) is 0 Å². The summed E-state index contributed by atoms with van der Waals surface area (Å²) in [7, 11) is 1.75. The molecule has 1 aliphatic rings. The molecule has 0 aromatic carbocycles. The zero-order chi connectivity index (χ0) is 9.68. The van der Waals surface area contributed by atoms with Crippen molar-refractivity contribution in [3.05, 3.63) is 0 Å². The van der Waals surface area contributed by atoms with E-state index < -0.39 is 9.28 Å². The van der Waals surface area contributed by atoms with Crippen molar-refractivity contribution < 1.29 is 18.3 Å². The van der Waals surface area contributed by atoms with Gasteiger partial charge in [0.25, 0.3) is 0 Å². The van der Waals surface area contributed by atoms with E-state index in [0.29, 0.717) is 12.7 Å². The second-order valence-electron chi connectivity index (χ2n) is 3.08. The van der Waals surface area contributed by atoms with Gasteiger partial charge in [0.1, 0.15) is 6.10 Å². The largest absolute Gasteiger partial charge is 0.398 e. The Morgan fingerprint density at radius 2 is 2.08 bits per heavy atom. The SMILES string of the molecule is CCC(OCC1CO1)[SiH](OC)OC. The van der Waals surface area contributed by atoms with Gasteiger partial charge in [0, 0.05) is 14.2 Å². The first-order valence-corrected chi connectivity index (χ1v) is 6.21. The average Bonchev–Trinajstić information content (AvgIpc) is 2.96. The smallest absolute Gasteiger partial charge is 0.350 e. The molecule has 1 rings (SSSR count). The summed E-state index contributed by atoms with van der Waals surface area (Å²) in [6.07, 6.45) is 1.25. The summed E-state index contributed by atoms with van der Waals surface area (Å²) in [6, 6.07) is 0. The Kier molecular flexibility index (Phi) is 4.90. The zero-order valence-corrected chi connectivity index (χ0v) is 9.64. The maximum absolute atomic E-state index is 5.65. The Hall–Kier alpha value is 0.0569. The van der Waals surface area contributed by atoms with E-state index in [9.17, 15) is 0 Å². The molecular formula is C8H18O4Si. The zero-order valence-electron chi connectivity index (χ0n) is 8.49. The molecule has 0 aromatic heterocycles. The molecule has 0 aliphatic carbocycles. The van der Waals surface area contributed by atoms with Crippen LogP contribution in [0.2, 0.25) is 0 Å². The van der Waals surface area contributed by atoms with E-state index in [1.165, 1.54) is 0 Å². The van der Waals surface area contributed by atoms with E-state index in [4.69, 9.17) is 18.3 Å². The Morgan fingerprint density at radius 3 is 2.46 bits per heavy atom. The number of epoxide rings is 1. The van der Waals surface area contributed by atoms with Crippen LogP contribution in [0.25, 0.3) is 0 Å². The van der Waals surface area contributed by atoms with Gasteiger partial charge in [-0.15, -0.1) is 0 Å². The highest BCUT2D eigenvalue weighted by Crippen LogP contribution is 2.12. The van der Waals surface area contributed by atoms with Crippen LogP contribution in [-0.4, -0.2) is 48.5 Å². The monoisotopic (exact) mass is 206 g/mol. The molecule has 5 heteroatoms. The van der Waals surface area contributed by atoms with Crippen LogP contribution in [0.1, 0.15) is 13.3 Å². The summed E-state index contributed by atoms with van der Waals surface area (Å²) in [5.41, 5.74) is 0.138. The number of hydrogen-bond acceptors (Lipinski definition) is 4. The lowest BCUT2D eigenvalue weighted by Gasteiger charge is -2.21. The first-order valence-electron chi connectivity index (χ1n) is 4.60. The summed E-state index contributed by atoms with van der Waals surface area (Å²) in [4.78, 5) is 0. The molecule has 2 unspecified atom stereocenters. The lowest BCUT2D eigenvalue weighted by atomic mass is 10.5. The molecule has 0 saturated carbocycles. The van der Waals surface area contributed by atoms with Crippen molar-refractivity contribution in [2.24, 2.45) is 0 Å². The summed E-state index contributed by atoms with van der Waals surface area (Å²) in [5, 5.41) is 0. The fraction of sp³-hybridized carbons (Fsp3) is 1.00. The Balaban J connectivity index is 2.21. The molecular weight excluding hydrogens is 188 g/mol. The molecule has 0 spiro atoms. The quantitative estimate of drug-likeness (QED) is 0.442. The topological polar surface area (TPSA) is 40.2 Å². The third kappa shape index (κ3) is 3.74. The van der Waals surface area contributed by atoms with E-state index in [2.05, 4.69) is 6.92 Å². The molecule has 0 amide bonds. The van der Waals surface area contributed by atoms with Gasteiger partial charge in [-0.05, 0) is 6.42 Å². The van der Waals surface area contributed by atoms with Gasteiger partial charge in [0.15, 0.2) is 0 Å². The highest BCUT2D eigenvalue weighted by molar-refractivity contribution is 6.45. The minimum atomic E-state index is -1.62. The molecule has 0 bridgehead atoms. The van der Waals surface area contributed by atoms with Gasteiger partial charge in [0.05, 0.1) is 18.9 Å². The lowest BCUT2D eigenvalue weighted by molar-refractivity contribution is 0.0577. The predicted molar refractivity (Wildman–Crippen MR) is 50.9 cm³/mol. The van der Waals surface area contributed by atoms with Crippen LogP contribution < -0.4 is 0 Å².